The summed E-state index contributed by atoms with van der Waals surface area (Å²) >= 11 is 0. The highest BCUT2D eigenvalue weighted by molar-refractivity contribution is 5.85. The molecule has 1 N–H and O–H groups in total. The number of fused-ring (bicyclic) bond motifs is 1. The predicted molar refractivity (Wildman–Crippen MR) is 97.0 cm³/mol. The van der Waals surface area contributed by atoms with Gasteiger partial charge in [-0.2, -0.15) is 5.26 Å². The fourth-order valence-electron chi connectivity index (χ4n) is 3.85. The highest BCUT2D eigenvalue weighted by Gasteiger charge is 2.32. The number of ether oxygens (including phenoxy) is 1. The zero-order chi connectivity index (χ0) is 14.8. The van der Waals surface area contributed by atoms with E-state index in [1.807, 2.05) is 12.1 Å². The number of halogens is 2. The van der Waals surface area contributed by atoms with Gasteiger partial charge in [0, 0.05) is 25.7 Å². The minimum absolute atomic E-state index is 0. The second-order valence-electron chi connectivity index (χ2n) is 6.14. The van der Waals surface area contributed by atoms with Gasteiger partial charge in [-0.3, -0.25) is 0 Å². The summed E-state index contributed by atoms with van der Waals surface area (Å²) in [5, 5.41) is 12.8. The second kappa shape index (κ2) is 8.75. The standard InChI is InChI=1S/C17H23N3O.2ClH/c1-20-8-7-19-11-16(20)12-3-5-14-13(10-18)4-6-17(21-2)15(14)9-12;;/h4,6,12,16,19H,3,5,7-9,11H2,1-2H3;2*1H. The Bertz CT molecular complexity index is 574. The van der Waals surface area contributed by atoms with E-state index in [1.165, 1.54) is 11.1 Å². The Labute approximate surface area is 151 Å². The highest BCUT2D eigenvalue weighted by atomic mass is 35.5. The molecule has 0 radical (unpaired) electrons. The number of nitrogens with one attached hydrogen (secondary N) is 1. The molecule has 1 aromatic rings. The van der Waals surface area contributed by atoms with Crippen LogP contribution in [-0.4, -0.2) is 44.7 Å². The van der Waals surface area contributed by atoms with Gasteiger partial charge < -0.3 is 15.0 Å². The van der Waals surface area contributed by atoms with E-state index in [0.29, 0.717) is 12.0 Å². The summed E-state index contributed by atoms with van der Waals surface area (Å²) < 4.78 is 5.54. The van der Waals surface area contributed by atoms with Gasteiger partial charge in [0.15, 0.2) is 0 Å². The maximum atomic E-state index is 9.30. The lowest BCUT2D eigenvalue weighted by molar-refractivity contribution is 0.132. The number of nitriles is 1. The highest BCUT2D eigenvalue weighted by Crippen LogP contribution is 2.36. The lowest BCUT2D eigenvalue weighted by Crippen LogP contribution is -2.53. The van der Waals surface area contributed by atoms with Gasteiger partial charge in [0.05, 0.1) is 18.7 Å². The van der Waals surface area contributed by atoms with Crippen LogP contribution in [0, 0.1) is 17.2 Å². The summed E-state index contributed by atoms with van der Waals surface area (Å²) in [6.07, 6.45) is 3.17. The van der Waals surface area contributed by atoms with Crippen molar-refractivity contribution in [2.75, 3.05) is 33.8 Å². The third-order valence-corrected chi connectivity index (χ3v) is 5.07. The van der Waals surface area contributed by atoms with E-state index >= 15 is 0 Å². The minimum Gasteiger partial charge on any atom is -0.496 e. The van der Waals surface area contributed by atoms with Crippen LogP contribution in [0.2, 0.25) is 0 Å². The van der Waals surface area contributed by atoms with Crippen LogP contribution < -0.4 is 10.1 Å². The van der Waals surface area contributed by atoms with Gasteiger partial charge in [-0.25, -0.2) is 0 Å². The Kier molecular flexibility index (Phi) is 7.63. The van der Waals surface area contributed by atoms with Gasteiger partial charge in [-0.05, 0) is 55.5 Å². The van der Waals surface area contributed by atoms with Crippen LogP contribution in [0.1, 0.15) is 23.1 Å². The largest absolute Gasteiger partial charge is 0.496 e. The molecule has 1 heterocycles. The summed E-state index contributed by atoms with van der Waals surface area (Å²) in [4.78, 5) is 2.48. The van der Waals surface area contributed by atoms with Crippen LogP contribution in [0.4, 0.5) is 0 Å². The van der Waals surface area contributed by atoms with Gasteiger partial charge in [0.25, 0.3) is 0 Å². The maximum Gasteiger partial charge on any atom is 0.122 e. The zero-order valence-electron chi connectivity index (χ0n) is 13.7. The molecule has 0 saturated carbocycles. The second-order valence-corrected chi connectivity index (χ2v) is 6.14. The smallest absolute Gasteiger partial charge is 0.122 e. The number of hydrogen-bond donors (Lipinski definition) is 1. The van der Waals surface area contributed by atoms with Gasteiger partial charge in [-0.1, -0.05) is 0 Å². The van der Waals surface area contributed by atoms with Crippen molar-refractivity contribution in [1.29, 1.82) is 5.26 Å². The number of likely N-dealkylation sites (N-methyl/N-ethyl adjacent to an activating group) is 1. The molecule has 1 aliphatic carbocycles. The van der Waals surface area contributed by atoms with E-state index in [2.05, 4.69) is 23.3 Å². The van der Waals surface area contributed by atoms with E-state index in [-0.39, 0.29) is 24.8 Å². The Balaban J connectivity index is 0.00000132. The third kappa shape index (κ3) is 3.92. The molecule has 2 atom stereocenters. The quantitative estimate of drug-likeness (QED) is 0.882. The predicted octanol–water partition coefficient (Wildman–Crippen LogP) is 2.42. The Morgan fingerprint density at radius 3 is 2.74 bits per heavy atom. The van der Waals surface area contributed by atoms with E-state index in [0.717, 1.165) is 50.2 Å². The molecule has 1 fully saturated rings. The molecular formula is C17H25Cl2N3O. The molecule has 0 amide bonds. The molecule has 1 saturated heterocycles. The number of rotatable bonds is 2. The van der Waals surface area contributed by atoms with Gasteiger partial charge in [0.1, 0.15) is 5.75 Å². The molecule has 2 aliphatic rings. The normalized spacial score (nSPS) is 23.7. The number of hydrogen-bond acceptors (Lipinski definition) is 4. The molecule has 6 heteroatoms. The first-order valence-corrected chi connectivity index (χ1v) is 7.74. The van der Waals surface area contributed by atoms with Crippen LogP contribution in [-0.2, 0) is 12.8 Å². The Morgan fingerprint density at radius 1 is 1.30 bits per heavy atom. The average Bonchev–Trinajstić information content (AvgIpc) is 2.53. The average molecular weight is 358 g/mol. The molecular weight excluding hydrogens is 333 g/mol. The first kappa shape index (κ1) is 20.1. The van der Waals surface area contributed by atoms with Gasteiger partial charge in [-0.15, -0.1) is 24.8 Å². The summed E-state index contributed by atoms with van der Waals surface area (Å²) in [5.74, 6) is 1.58. The van der Waals surface area contributed by atoms with Crippen molar-refractivity contribution in [2.24, 2.45) is 5.92 Å². The van der Waals surface area contributed by atoms with Gasteiger partial charge in [0.2, 0.25) is 0 Å². The minimum atomic E-state index is 0. The van der Waals surface area contributed by atoms with E-state index in [4.69, 9.17) is 4.74 Å². The molecule has 0 bridgehead atoms. The summed E-state index contributed by atoms with van der Waals surface area (Å²) in [6, 6.07) is 6.76. The molecule has 3 rings (SSSR count). The van der Waals surface area contributed by atoms with Crippen molar-refractivity contribution in [3.05, 3.63) is 28.8 Å². The van der Waals surface area contributed by atoms with Crippen molar-refractivity contribution in [2.45, 2.75) is 25.3 Å². The fourth-order valence-corrected chi connectivity index (χ4v) is 3.85. The number of methoxy groups -OCH3 is 1. The molecule has 128 valence electrons. The van der Waals surface area contributed by atoms with Crippen LogP contribution >= 0.6 is 24.8 Å². The number of benzene rings is 1. The van der Waals surface area contributed by atoms with E-state index in [1.54, 1.807) is 7.11 Å². The Morgan fingerprint density at radius 2 is 2.09 bits per heavy atom. The summed E-state index contributed by atoms with van der Waals surface area (Å²) in [6.45, 7) is 3.26. The number of nitrogens with zero attached hydrogens (tertiary/aromatic N) is 2. The van der Waals surface area contributed by atoms with Crippen LogP contribution in [0.25, 0.3) is 0 Å². The first-order chi connectivity index (χ1) is 10.2. The lowest BCUT2D eigenvalue weighted by Gasteiger charge is -2.40. The monoisotopic (exact) mass is 357 g/mol. The molecule has 2 unspecified atom stereocenters. The molecule has 1 aromatic carbocycles. The molecule has 0 aromatic heterocycles. The molecule has 23 heavy (non-hydrogen) atoms. The zero-order valence-corrected chi connectivity index (χ0v) is 15.3. The van der Waals surface area contributed by atoms with Crippen LogP contribution in [0.3, 0.4) is 0 Å². The number of piperazine rings is 1. The third-order valence-electron chi connectivity index (χ3n) is 5.07. The van der Waals surface area contributed by atoms with Crippen LogP contribution in [0.15, 0.2) is 12.1 Å². The van der Waals surface area contributed by atoms with Gasteiger partial charge >= 0.3 is 0 Å². The Hall–Kier alpha value is -0.990. The molecule has 4 nitrogen and oxygen atoms in total. The van der Waals surface area contributed by atoms with Crippen molar-refractivity contribution >= 4 is 24.8 Å². The van der Waals surface area contributed by atoms with E-state index in [9.17, 15) is 5.26 Å². The lowest BCUT2D eigenvalue weighted by atomic mass is 9.77. The fraction of sp³-hybridized carbons (Fsp3) is 0.588. The first-order valence-electron chi connectivity index (χ1n) is 7.74. The van der Waals surface area contributed by atoms with Crippen molar-refractivity contribution in [3.63, 3.8) is 0 Å². The van der Waals surface area contributed by atoms with E-state index < -0.39 is 0 Å². The SMILES string of the molecule is COc1ccc(C#N)c2c1CC(C1CNCCN1C)CC2.Cl.Cl. The summed E-state index contributed by atoms with van der Waals surface area (Å²) in [7, 11) is 3.95. The van der Waals surface area contributed by atoms with Crippen LogP contribution in [0.5, 0.6) is 5.75 Å². The molecule has 0 spiro atoms. The van der Waals surface area contributed by atoms with Crippen molar-refractivity contribution in [3.8, 4) is 11.8 Å². The summed E-state index contributed by atoms with van der Waals surface area (Å²) in [5.41, 5.74) is 3.28. The topological polar surface area (TPSA) is 48.3 Å². The van der Waals surface area contributed by atoms with Crippen molar-refractivity contribution < 1.29 is 4.74 Å². The van der Waals surface area contributed by atoms with Crippen molar-refractivity contribution in [1.82, 2.24) is 10.2 Å². The maximum absolute atomic E-state index is 9.30. The molecule has 1 aliphatic heterocycles.